The lowest BCUT2D eigenvalue weighted by Gasteiger charge is -2.23. The van der Waals surface area contributed by atoms with Crippen molar-refractivity contribution in [3.63, 3.8) is 0 Å². The first-order valence-corrected chi connectivity index (χ1v) is 4.77. The number of rotatable bonds is 4. The minimum absolute atomic E-state index is 0.0427. The van der Waals surface area contributed by atoms with Crippen molar-refractivity contribution in [1.29, 1.82) is 0 Å². The van der Waals surface area contributed by atoms with Crippen LogP contribution in [0, 0.1) is 0 Å². The number of nitrogens with one attached hydrogen (secondary N) is 1. The second-order valence-corrected chi connectivity index (χ2v) is 4.65. The van der Waals surface area contributed by atoms with Crippen LogP contribution in [0.3, 0.4) is 0 Å². The van der Waals surface area contributed by atoms with Gasteiger partial charge in [0, 0.05) is 12.1 Å². The molecule has 0 aliphatic rings. The fraction of sp³-hybridized carbons (Fsp3) is 1.00. The number of halogens is 2. The molecular weight excluding hydrogens is 190 g/mol. The van der Waals surface area contributed by atoms with Gasteiger partial charge in [-0.3, -0.25) is 0 Å². The van der Waals surface area contributed by atoms with Crippen molar-refractivity contribution in [2.45, 2.75) is 25.1 Å². The number of hydrogen-bond acceptors (Lipinski definition) is 3. The lowest BCUT2D eigenvalue weighted by Crippen LogP contribution is -2.50. The van der Waals surface area contributed by atoms with Gasteiger partial charge in [0.05, 0.1) is 0 Å². The van der Waals surface area contributed by atoms with Gasteiger partial charge >= 0.3 is 5.76 Å². The zero-order chi connectivity index (χ0) is 9.99. The highest BCUT2D eigenvalue weighted by atomic mass is 32.2. The number of nitrogens with two attached hydrogens (primary N) is 1. The van der Waals surface area contributed by atoms with Gasteiger partial charge < -0.3 is 5.73 Å². The Labute approximate surface area is 70.2 Å². The summed E-state index contributed by atoms with van der Waals surface area (Å²) in [6.45, 7) is 2.80. The first-order valence-electron chi connectivity index (χ1n) is 3.22. The minimum Gasteiger partial charge on any atom is -0.329 e. The second-order valence-electron chi connectivity index (χ2n) is 3.00. The second kappa shape index (κ2) is 3.63. The van der Waals surface area contributed by atoms with Crippen LogP contribution in [0.15, 0.2) is 0 Å². The average Bonchev–Trinajstić information content (AvgIpc) is 1.85. The maximum atomic E-state index is 11.8. The van der Waals surface area contributed by atoms with Crippen LogP contribution in [-0.4, -0.2) is 26.3 Å². The summed E-state index contributed by atoms with van der Waals surface area (Å²) in [5, 5.41) is 0. The molecule has 0 spiro atoms. The largest absolute Gasteiger partial charge is 0.350 e. The van der Waals surface area contributed by atoms with E-state index < -0.39 is 21.3 Å². The highest BCUT2D eigenvalue weighted by Crippen LogP contribution is 2.08. The maximum absolute atomic E-state index is 11.8. The van der Waals surface area contributed by atoms with Gasteiger partial charge in [-0.05, 0) is 13.8 Å². The molecule has 0 atom stereocenters. The van der Waals surface area contributed by atoms with Crippen molar-refractivity contribution in [1.82, 2.24) is 4.72 Å². The molecule has 0 aromatic carbocycles. The SMILES string of the molecule is CC(C)(CN)NS(=O)(=O)C(F)F. The molecule has 4 nitrogen and oxygen atoms in total. The molecule has 0 aliphatic heterocycles. The van der Waals surface area contributed by atoms with Crippen LogP contribution < -0.4 is 10.5 Å². The molecule has 3 N–H and O–H groups in total. The smallest absolute Gasteiger partial charge is 0.329 e. The highest BCUT2D eigenvalue weighted by Gasteiger charge is 2.30. The predicted molar refractivity (Wildman–Crippen MR) is 41.2 cm³/mol. The zero-order valence-corrected chi connectivity index (χ0v) is 7.66. The third-order valence-electron chi connectivity index (χ3n) is 1.16. The molecule has 0 heterocycles. The Kier molecular flexibility index (Phi) is 3.55. The van der Waals surface area contributed by atoms with Crippen LogP contribution in [0.4, 0.5) is 8.78 Å². The zero-order valence-electron chi connectivity index (χ0n) is 6.84. The van der Waals surface area contributed by atoms with E-state index in [1.807, 2.05) is 0 Å². The molecule has 0 aromatic rings. The maximum Gasteiger partial charge on any atom is 0.350 e. The first kappa shape index (κ1) is 11.7. The molecule has 0 saturated heterocycles. The van der Waals surface area contributed by atoms with E-state index in [2.05, 4.69) is 0 Å². The number of sulfonamides is 1. The van der Waals surface area contributed by atoms with Crippen LogP contribution in [0.25, 0.3) is 0 Å². The van der Waals surface area contributed by atoms with Crippen molar-refractivity contribution in [2.75, 3.05) is 6.54 Å². The average molecular weight is 202 g/mol. The van der Waals surface area contributed by atoms with Crippen LogP contribution in [0.2, 0.25) is 0 Å². The Morgan fingerprint density at radius 2 is 1.92 bits per heavy atom. The monoisotopic (exact) mass is 202 g/mol. The van der Waals surface area contributed by atoms with Crippen molar-refractivity contribution >= 4 is 10.0 Å². The van der Waals surface area contributed by atoms with Crippen molar-refractivity contribution in [3.05, 3.63) is 0 Å². The molecular formula is C5H12F2N2O2S. The van der Waals surface area contributed by atoms with Gasteiger partial charge in [-0.15, -0.1) is 0 Å². The van der Waals surface area contributed by atoms with Crippen LogP contribution in [0.5, 0.6) is 0 Å². The molecule has 74 valence electrons. The van der Waals surface area contributed by atoms with Gasteiger partial charge in [-0.2, -0.15) is 8.78 Å². The summed E-state index contributed by atoms with van der Waals surface area (Å²) in [5.41, 5.74) is 4.11. The Hall–Kier alpha value is -0.270. The molecule has 0 saturated carbocycles. The van der Waals surface area contributed by atoms with Crippen LogP contribution in [0.1, 0.15) is 13.8 Å². The van der Waals surface area contributed by atoms with Gasteiger partial charge in [0.25, 0.3) is 10.0 Å². The molecule has 12 heavy (non-hydrogen) atoms. The Bertz CT molecular complexity index is 238. The summed E-state index contributed by atoms with van der Waals surface area (Å²) in [6.07, 6.45) is 0. The normalized spacial score (nSPS) is 13.8. The van der Waals surface area contributed by atoms with Gasteiger partial charge in [0.1, 0.15) is 0 Å². The summed E-state index contributed by atoms with van der Waals surface area (Å²) >= 11 is 0. The molecule has 0 aromatic heterocycles. The van der Waals surface area contributed by atoms with Crippen LogP contribution in [-0.2, 0) is 10.0 Å². The molecule has 7 heteroatoms. The van der Waals surface area contributed by atoms with Crippen molar-refractivity contribution < 1.29 is 17.2 Å². The van der Waals surface area contributed by atoms with Crippen LogP contribution >= 0.6 is 0 Å². The van der Waals surface area contributed by atoms with E-state index in [1.54, 1.807) is 4.72 Å². The third kappa shape index (κ3) is 3.42. The van der Waals surface area contributed by atoms with Gasteiger partial charge in [-0.1, -0.05) is 0 Å². The molecule has 0 fully saturated rings. The summed E-state index contributed by atoms with van der Waals surface area (Å²) < 4.78 is 46.5. The highest BCUT2D eigenvalue weighted by molar-refractivity contribution is 7.89. The molecule has 0 aliphatic carbocycles. The van der Waals surface area contributed by atoms with Gasteiger partial charge in [0.15, 0.2) is 0 Å². The fourth-order valence-corrected chi connectivity index (χ4v) is 1.41. The summed E-state index contributed by atoms with van der Waals surface area (Å²) in [7, 11) is -4.53. The Balaban J connectivity index is 4.47. The standard InChI is InChI=1S/C5H12F2N2O2S/c1-5(2,3-8)9-12(10,11)4(6)7/h4,9H,3,8H2,1-2H3. The predicted octanol–water partition coefficient (Wildman–Crippen LogP) is -0.134. The number of hydrogen-bond donors (Lipinski definition) is 2. The Morgan fingerprint density at radius 1 is 1.50 bits per heavy atom. The molecule has 0 rings (SSSR count). The molecule has 0 bridgehead atoms. The summed E-state index contributed by atoms with van der Waals surface area (Å²) in [6, 6.07) is 0. The van der Waals surface area contributed by atoms with Gasteiger partial charge in [0.2, 0.25) is 0 Å². The lowest BCUT2D eigenvalue weighted by atomic mass is 10.1. The fourth-order valence-electron chi connectivity index (χ4n) is 0.471. The third-order valence-corrected chi connectivity index (χ3v) is 2.47. The van der Waals surface area contributed by atoms with E-state index in [0.717, 1.165) is 0 Å². The first-order chi connectivity index (χ1) is 5.21. The van der Waals surface area contributed by atoms with Gasteiger partial charge in [-0.25, -0.2) is 13.1 Å². The lowest BCUT2D eigenvalue weighted by molar-refractivity contribution is 0.229. The topological polar surface area (TPSA) is 72.2 Å². The van der Waals surface area contributed by atoms with E-state index in [-0.39, 0.29) is 6.54 Å². The van der Waals surface area contributed by atoms with E-state index in [4.69, 9.17) is 5.73 Å². The van der Waals surface area contributed by atoms with Crippen molar-refractivity contribution in [3.8, 4) is 0 Å². The Morgan fingerprint density at radius 3 is 2.17 bits per heavy atom. The number of alkyl halides is 2. The summed E-state index contributed by atoms with van der Waals surface area (Å²) in [4.78, 5) is 0. The molecule has 0 amide bonds. The van der Waals surface area contributed by atoms with E-state index in [0.29, 0.717) is 0 Å². The van der Waals surface area contributed by atoms with E-state index in [1.165, 1.54) is 13.8 Å². The minimum atomic E-state index is -4.53. The molecule has 0 radical (unpaired) electrons. The van der Waals surface area contributed by atoms with E-state index >= 15 is 0 Å². The molecule has 0 unspecified atom stereocenters. The van der Waals surface area contributed by atoms with Crippen molar-refractivity contribution in [2.24, 2.45) is 5.73 Å². The van der Waals surface area contributed by atoms with E-state index in [9.17, 15) is 17.2 Å². The summed E-state index contributed by atoms with van der Waals surface area (Å²) in [5.74, 6) is -3.41. The quantitative estimate of drug-likeness (QED) is 0.666.